The Labute approximate surface area is 166 Å². The number of fused-ring (bicyclic) bond motifs is 1. The summed E-state index contributed by atoms with van der Waals surface area (Å²) in [7, 11) is 0. The first-order chi connectivity index (χ1) is 13.0. The van der Waals surface area contributed by atoms with Crippen molar-refractivity contribution in [2.24, 2.45) is 0 Å². The monoisotopic (exact) mass is 403 g/mol. The molecule has 6 nitrogen and oxygen atoms in total. The van der Waals surface area contributed by atoms with Crippen LogP contribution in [0.1, 0.15) is 43.1 Å². The second kappa shape index (κ2) is 7.35. The molecule has 0 bridgehead atoms. The van der Waals surface area contributed by atoms with Crippen LogP contribution in [-0.4, -0.2) is 33.3 Å². The minimum absolute atomic E-state index is 0.332. The standard InChI is InChI=1S/C20H22FN3O3S/c1-11-15-10-16(19(26)27-12(2)17(25)22-20(3,4)5)28-18(15)24(23-11)14-8-6-13(21)7-9-14/h6-10,12H,1-5H3,(H,22,25). The van der Waals surface area contributed by atoms with Gasteiger partial charge >= 0.3 is 5.97 Å². The zero-order valence-corrected chi connectivity index (χ0v) is 17.2. The van der Waals surface area contributed by atoms with Crippen LogP contribution >= 0.6 is 11.3 Å². The number of benzene rings is 1. The van der Waals surface area contributed by atoms with E-state index in [-0.39, 0.29) is 11.7 Å². The van der Waals surface area contributed by atoms with Crippen LogP contribution in [-0.2, 0) is 9.53 Å². The Morgan fingerprint density at radius 2 is 1.89 bits per heavy atom. The quantitative estimate of drug-likeness (QED) is 0.669. The highest BCUT2D eigenvalue weighted by atomic mass is 32.1. The fourth-order valence-electron chi connectivity index (χ4n) is 2.65. The predicted octanol–water partition coefficient (Wildman–Crippen LogP) is 3.99. The Morgan fingerprint density at radius 3 is 2.50 bits per heavy atom. The molecule has 0 aliphatic rings. The van der Waals surface area contributed by atoms with Gasteiger partial charge in [-0.15, -0.1) is 11.3 Å². The van der Waals surface area contributed by atoms with Crippen molar-refractivity contribution in [3.8, 4) is 5.69 Å². The minimum Gasteiger partial charge on any atom is -0.448 e. The maximum Gasteiger partial charge on any atom is 0.349 e. The normalized spacial score (nSPS) is 12.8. The summed E-state index contributed by atoms with van der Waals surface area (Å²) >= 11 is 1.22. The zero-order chi connectivity index (χ0) is 20.6. The number of carbonyl (C=O) groups is 2. The van der Waals surface area contributed by atoms with E-state index in [0.29, 0.717) is 10.6 Å². The molecule has 148 valence electrons. The van der Waals surface area contributed by atoms with Gasteiger partial charge in [0, 0.05) is 10.9 Å². The van der Waals surface area contributed by atoms with Crippen LogP contribution in [0, 0.1) is 12.7 Å². The first-order valence-electron chi connectivity index (χ1n) is 8.83. The van der Waals surface area contributed by atoms with Crippen molar-refractivity contribution in [3.05, 3.63) is 46.7 Å². The second-order valence-corrected chi connectivity index (χ2v) is 8.62. The molecule has 3 rings (SSSR count). The highest BCUT2D eigenvalue weighted by molar-refractivity contribution is 7.20. The number of ether oxygens (including phenoxy) is 1. The van der Waals surface area contributed by atoms with Crippen LogP contribution in [0.3, 0.4) is 0 Å². The Balaban J connectivity index is 1.84. The van der Waals surface area contributed by atoms with Crippen molar-refractivity contribution < 1.29 is 18.7 Å². The number of rotatable bonds is 4. The SMILES string of the molecule is Cc1nn(-c2ccc(F)cc2)c2sc(C(=O)OC(C)C(=O)NC(C)(C)C)cc12. The number of esters is 1. The van der Waals surface area contributed by atoms with Gasteiger partial charge in [0.25, 0.3) is 5.91 Å². The van der Waals surface area contributed by atoms with E-state index in [0.717, 1.165) is 15.9 Å². The molecule has 3 aromatic rings. The molecule has 8 heteroatoms. The van der Waals surface area contributed by atoms with E-state index in [1.54, 1.807) is 22.9 Å². The van der Waals surface area contributed by atoms with Crippen molar-refractivity contribution in [2.75, 3.05) is 0 Å². The van der Waals surface area contributed by atoms with Gasteiger partial charge in [0.1, 0.15) is 15.5 Å². The van der Waals surface area contributed by atoms with E-state index < -0.39 is 17.6 Å². The van der Waals surface area contributed by atoms with E-state index >= 15 is 0 Å². The Bertz CT molecular complexity index is 1030. The topological polar surface area (TPSA) is 73.2 Å². The van der Waals surface area contributed by atoms with E-state index in [1.807, 2.05) is 27.7 Å². The summed E-state index contributed by atoms with van der Waals surface area (Å²) in [6.07, 6.45) is -0.911. The lowest BCUT2D eigenvalue weighted by Crippen LogP contribution is -2.46. The van der Waals surface area contributed by atoms with Crippen LogP contribution in [0.15, 0.2) is 30.3 Å². The molecule has 0 radical (unpaired) electrons. The molecule has 1 atom stereocenters. The fourth-order valence-corrected chi connectivity index (χ4v) is 3.71. The van der Waals surface area contributed by atoms with Crippen LogP contribution in [0.25, 0.3) is 15.9 Å². The van der Waals surface area contributed by atoms with Crippen LogP contribution in [0.4, 0.5) is 4.39 Å². The smallest absolute Gasteiger partial charge is 0.349 e. The summed E-state index contributed by atoms with van der Waals surface area (Å²) in [5.74, 6) is -1.25. The zero-order valence-electron chi connectivity index (χ0n) is 16.4. The van der Waals surface area contributed by atoms with Crippen molar-refractivity contribution in [1.82, 2.24) is 15.1 Å². The third-order valence-corrected chi connectivity index (χ3v) is 5.06. The highest BCUT2D eigenvalue weighted by Gasteiger charge is 2.25. The molecule has 0 saturated heterocycles. The molecule has 1 N–H and O–H groups in total. The lowest BCUT2D eigenvalue weighted by molar-refractivity contribution is -0.130. The third kappa shape index (κ3) is 4.22. The average Bonchev–Trinajstić information content (AvgIpc) is 3.15. The summed E-state index contributed by atoms with van der Waals surface area (Å²) in [5.41, 5.74) is 1.03. The van der Waals surface area contributed by atoms with E-state index in [9.17, 15) is 14.0 Å². The van der Waals surface area contributed by atoms with E-state index in [2.05, 4.69) is 10.4 Å². The number of hydrogen-bond donors (Lipinski definition) is 1. The number of aryl methyl sites for hydroxylation is 1. The lowest BCUT2D eigenvalue weighted by Gasteiger charge is -2.23. The van der Waals surface area contributed by atoms with Gasteiger partial charge in [-0.1, -0.05) is 0 Å². The van der Waals surface area contributed by atoms with Gasteiger partial charge in [0.05, 0.1) is 11.4 Å². The molecule has 0 aliphatic carbocycles. The number of aromatic nitrogens is 2. The van der Waals surface area contributed by atoms with Crippen LogP contribution < -0.4 is 5.32 Å². The Hall–Kier alpha value is -2.74. The summed E-state index contributed by atoms with van der Waals surface area (Å²) in [5, 5.41) is 8.07. The van der Waals surface area contributed by atoms with Gasteiger partial charge in [-0.05, 0) is 65.0 Å². The average molecular weight is 403 g/mol. The number of carbonyl (C=O) groups excluding carboxylic acids is 2. The molecule has 1 amide bonds. The maximum atomic E-state index is 13.2. The molecule has 0 spiro atoms. The van der Waals surface area contributed by atoms with E-state index in [4.69, 9.17) is 4.74 Å². The molecule has 2 aromatic heterocycles. The molecule has 0 saturated carbocycles. The summed E-state index contributed by atoms with van der Waals surface area (Å²) < 4.78 is 20.2. The molecule has 0 fully saturated rings. The summed E-state index contributed by atoms with van der Waals surface area (Å²) in [6, 6.07) is 7.67. The highest BCUT2D eigenvalue weighted by Crippen LogP contribution is 2.31. The number of nitrogens with zero attached hydrogens (tertiary/aromatic N) is 2. The number of halogens is 1. The largest absolute Gasteiger partial charge is 0.448 e. The van der Waals surface area contributed by atoms with E-state index in [1.165, 1.54) is 30.4 Å². The lowest BCUT2D eigenvalue weighted by atomic mass is 10.1. The van der Waals surface area contributed by atoms with Crippen molar-refractivity contribution in [3.63, 3.8) is 0 Å². The molecule has 2 heterocycles. The van der Waals surface area contributed by atoms with Gasteiger partial charge in [-0.3, -0.25) is 4.79 Å². The summed E-state index contributed by atoms with van der Waals surface area (Å²) in [6.45, 7) is 8.95. The summed E-state index contributed by atoms with van der Waals surface area (Å²) in [4.78, 5) is 25.8. The van der Waals surface area contributed by atoms with Gasteiger partial charge in [-0.2, -0.15) is 5.10 Å². The first kappa shape index (κ1) is 20.0. The van der Waals surface area contributed by atoms with Gasteiger partial charge in [0.2, 0.25) is 0 Å². The molecular weight excluding hydrogens is 381 g/mol. The van der Waals surface area contributed by atoms with Crippen molar-refractivity contribution >= 4 is 33.4 Å². The molecule has 1 unspecified atom stereocenters. The van der Waals surface area contributed by atoms with Crippen LogP contribution in [0.2, 0.25) is 0 Å². The molecule has 1 aromatic carbocycles. The van der Waals surface area contributed by atoms with Crippen molar-refractivity contribution in [1.29, 1.82) is 0 Å². The number of thiophene rings is 1. The van der Waals surface area contributed by atoms with Gasteiger partial charge < -0.3 is 10.1 Å². The van der Waals surface area contributed by atoms with Gasteiger partial charge in [-0.25, -0.2) is 13.9 Å². The molecule has 28 heavy (non-hydrogen) atoms. The number of nitrogens with one attached hydrogen (secondary N) is 1. The molecular formula is C20H22FN3O3S. The van der Waals surface area contributed by atoms with Crippen LogP contribution in [0.5, 0.6) is 0 Å². The maximum absolute atomic E-state index is 13.2. The second-order valence-electron chi connectivity index (χ2n) is 7.59. The third-order valence-electron chi connectivity index (χ3n) is 3.97. The number of amides is 1. The van der Waals surface area contributed by atoms with Crippen molar-refractivity contribution in [2.45, 2.75) is 46.3 Å². The number of hydrogen-bond acceptors (Lipinski definition) is 5. The molecule has 0 aliphatic heterocycles. The fraction of sp³-hybridized carbons (Fsp3) is 0.350. The Kier molecular flexibility index (Phi) is 5.25. The Morgan fingerprint density at radius 1 is 1.25 bits per heavy atom. The predicted molar refractivity (Wildman–Crippen MR) is 106 cm³/mol. The first-order valence-corrected chi connectivity index (χ1v) is 9.65. The minimum atomic E-state index is -0.911. The van der Waals surface area contributed by atoms with Gasteiger partial charge in [0.15, 0.2) is 6.10 Å².